The van der Waals surface area contributed by atoms with Crippen LogP contribution in [0.4, 0.5) is 11.4 Å². The van der Waals surface area contributed by atoms with Crippen molar-refractivity contribution < 1.29 is 14.3 Å². The fourth-order valence-electron chi connectivity index (χ4n) is 1.84. The molecule has 7 heteroatoms. The average molecular weight is 319 g/mol. The number of anilines is 1. The Morgan fingerprint density at radius 3 is 2.45 bits per heavy atom. The Morgan fingerprint density at radius 1 is 1.27 bits per heavy atom. The van der Waals surface area contributed by atoms with Crippen LogP contribution in [0.5, 0.6) is 0 Å². The second kappa shape index (κ2) is 6.57. The summed E-state index contributed by atoms with van der Waals surface area (Å²) < 4.78 is 6.61. The molecule has 0 fully saturated rings. The lowest BCUT2D eigenvalue weighted by molar-refractivity contribution is -0.114. The lowest BCUT2D eigenvalue weighted by Gasteiger charge is -2.01. The van der Waals surface area contributed by atoms with Gasteiger partial charge in [-0.15, -0.1) is 0 Å². The highest BCUT2D eigenvalue weighted by molar-refractivity contribution is 7.11. The molecule has 1 amide bonds. The summed E-state index contributed by atoms with van der Waals surface area (Å²) in [5.74, 6) is -0.478. The normalized spacial score (nSPS) is 11.4. The van der Waals surface area contributed by atoms with Crippen LogP contribution in [0.15, 0.2) is 29.3 Å². The minimum Gasteiger partial charge on any atom is -0.465 e. The zero-order chi connectivity index (χ0) is 16.3. The van der Waals surface area contributed by atoms with Gasteiger partial charge in [0.2, 0.25) is 5.91 Å². The predicted molar refractivity (Wildman–Crippen MR) is 85.3 cm³/mol. The van der Waals surface area contributed by atoms with Crippen LogP contribution in [0.25, 0.3) is 0 Å². The number of amides is 1. The third kappa shape index (κ3) is 3.43. The monoisotopic (exact) mass is 319 g/mol. The fraction of sp³-hybridized carbons (Fsp3) is 0.267. The minimum absolute atomic E-state index is 0.118. The van der Waals surface area contributed by atoms with Crippen molar-refractivity contribution >= 4 is 34.6 Å². The van der Waals surface area contributed by atoms with E-state index < -0.39 is 0 Å². The van der Waals surface area contributed by atoms with Crippen molar-refractivity contribution in [2.24, 2.45) is 12.0 Å². The number of esters is 1. The smallest absolute Gasteiger partial charge is 0.349 e. The van der Waals surface area contributed by atoms with Crippen molar-refractivity contribution in [3.05, 3.63) is 39.6 Å². The second-order valence-corrected chi connectivity index (χ2v) is 5.67. The van der Waals surface area contributed by atoms with Crippen LogP contribution in [-0.2, 0) is 16.6 Å². The van der Waals surface area contributed by atoms with Gasteiger partial charge in [-0.05, 0) is 31.2 Å². The lowest BCUT2D eigenvalue weighted by Crippen LogP contribution is -2.11. The first-order valence-corrected chi connectivity index (χ1v) is 7.41. The summed E-state index contributed by atoms with van der Waals surface area (Å²) >= 11 is 1.28. The maximum atomic E-state index is 11.7. The highest BCUT2D eigenvalue weighted by Crippen LogP contribution is 2.17. The number of ether oxygens (including phenoxy) is 1. The Kier molecular flexibility index (Phi) is 4.77. The fourth-order valence-corrected chi connectivity index (χ4v) is 2.90. The van der Waals surface area contributed by atoms with E-state index in [2.05, 4.69) is 10.3 Å². The average Bonchev–Trinajstić information content (AvgIpc) is 2.76. The van der Waals surface area contributed by atoms with Crippen molar-refractivity contribution in [2.75, 3.05) is 12.4 Å². The van der Waals surface area contributed by atoms with Crippen LogP contribution in [0, 0.1) is 6.92 Å². The summed E-state index contributed by atoms with van der Waals surface area (Å²) in [7, 11) is 3.21. The van der Waals surface area contributed by atoms with E-state index >= 15 is 0 Å². The van der Waals surface area contributed by atoms with E-state index in [4.69, 9.17) is 4.74 Å². The summed E-state index contributed by atoms with van der Waals surface area (Å²) in [6.07, 6.45) is 0. The van der Waals surface area contributed by atoms with E-state index in [-0.39, 0.29) is 11.9 Å². The van der Waals surface area contributed by atoms with Crippen LogP contribution in [-0.4, -0.2) is 23.6 Å². The summed E-state index contributed by atoms with van der Waals surface area (Å²) in [4.78, 5) is 28.4. The molecule has 0 unspecified atom stereocenters. The molecule has 0 aliphatic carbocycles. The number of aromatic nitrogens is 1. The third-order valence-corrected chi connectivity index (χ3v) is 4.31. The third-order valence-electron chi connectivity index (χ3n) is 3.10. The Bertz CT molecular complexity index is 772. The van der Waals surface area contributed by atoms with Crippen molar-refractivity contribution in [1.29, 1.82) is 0 Å². The molecule has 0 aliphatic heterocycles. The summed E-state index contributed by atoms with van der Waals surface area (Å²) in [6.45, 7) is 3.31. The van der Waals surface area contributed by atoms with E-state index in [1.54, 1.807) is 24.3 Å². The number of hydrogen-bond donors (Lipinski definition) is 1. The summed E-state index contributed by atoms with van der Waals surface area (Å²) in [5, 5.41) is 2.70. The van der Waals surface area contributed by atoms with Gasteiger partial charge in [0.15, 0.2) is 4.80 Å². The quantitative estimate of drug-likeness (QED) is 0.883. The van der Waals surface area contributed by atoms with E-state index in [1.165, 1.54) is 25.4 Å². The zero-order valence-corrected chi connectivity index (χ0v) is 13.7. The van der Waals surface area contributed by atoms with Gasteiger partial charge in [-0.2, -0.15) is 0 Å². The van der Waals surface area contributed by atoms with Crippen molar-refractivity contribution in [3.8, 4) is 0 Å². The first kappa shape index (κ1) is 16.0. The Morgan fingerprint density at radius 2 is 1.91 bits per heavy atom. The summed E-state index contributed by atoms with van der Waals surface area (Å²) in [5.41, 5.74) is 2.27. The van der Waals surface area contributed by atoms with Gasteiger partial charge < -0.3 is 14.6 Å². The first-order valence-electron chi connectivity index (χ1n) is 6.59. The largest absolute Gasteiger partial charge is 0.465 e. The second-order valence-electron chi connectivity index (χ2n) is 4.69. The molecule has 1 aromatic heterocycles. The predicted octanol–water partition coefficient (Wildman–Crippen LogP) is 2.37. The van der Waals surface area contributed by atoms with Crippen LogP contribution >= 0.6 is 11.3 Å². The molecule has 2 rings (SSSR count). The van der Waals surface area contributed by atoms with Crippen LogP contribution < -0.4 is 10.1 Å². The molecular formula is C15H17N3O3S. The first-order chi connectivity index (χ1) is 10.4. The van der Waals surface area contributed by atoms with Crippen molar-refractivity contribution in [3.63, 3.8) is 0 Å². The zero-order valence-electron chi connectivity index (χ0n) is 12.8. The highest BCUT2D eigenvalue weighted by Gasteiger charge is 2.15. The van der Waals surface area contributed by atoms with Crippen molar-refractivity contribution in [1.82, 2.24) is 4.57 Å². The van der Waals surface area contributed by atoms with Crippen LogP contribution in [0.1, 0.15) is 22.3 Å². The highest BCUT2D eigenvalue weighted by atomic mass is 32.1. The van der Waals surface area contributed by atoms with Gasteiger partial charge in [-0.1, -0.05) is 11.3 Å². The molecule has 0 saturated heterocycles. The Hall–Kier alpha value is -2.41. The Labute approximate surface area is 132 Å². The van der Waals surface area contributed by atoms with Gasteiger partial charge >= 0.3 is 5.97 Å². The van der Waals surface area contributed by atoms with Gasteiger partial charge in [0.1, 0.15) is 4.88 Å². The van der Waals surface area contributed by atoms with E-state index in [1.807, 2.05) is 18.5 Å². The number of nitrogens with zero attached hydrogens (tertiary/aromatic N) is 2. The molecular weight excluding hydrogens is 302 g/mol. The van der Waals surface area contributed by atoms with Crippen LogP contribution in [0.3, 0.4) is 0 Å². The van der Waals surface area contributed by atoms with Crippen LogP contribution in [0.2, 0.25) is 0 Å². The maximum Gasteiger partial charge on any atom is 0.349 e. The number of hydrogen-bond acceptors (Lipinski definition) is 5. The molecule has 22 heavy (non-hydrogen) atoms. The molecule has 0 atom stereocenters. The number of benzene rings is 1. The molecule has 2 aromatic rings. The number of methoxy groups -OCH3 is 1. The van der Waals surface area contributed by atoms with E-state index in [0.29, 0.717) is 15.4 Å². The molecule has 1 N–H and O–H groups in total. The van der Waals surface area contributed by atoms with Gasteiger partial charge in [0, 0.05) is 25.4 Å². The molecule has 0 aliphatic rings. The number of carbonyl (C=O) groups excluding carboxylic acids is 2. The molecule has 0 saturated carbocycles. The van der Waals surface area contributed by atoms with E-state index in [9.17, 15) is 9.59 Å². The van der Waals surface area contributed by atoms with Gasteiger partial charge in [-0.3, -0.25) is 4.79 Å². The SMILES string of the molecule is COC(=O)c1sc(=Nc2ccc(NC(C)=O)cc2)n(C)c1C. The maximum absolute atomic E-state index is 11.7. The number of rotatable bonds is 3. The molecule has 1 heterocycles. The number of nitrogens with one attached hydrogen (secondary N) is 1. The molecule has 0 radical (unpaired) electrons. The molecule has 1 aromatic carbocycles. The molecule has 6 nitrogen and oxygen atoms in total. The number of thiazole rings is 1. The minimum atomic E-state index is -0.361. The summed E-state index contributed by atoms with van der Waals surface area (Å²) in [6, 6.07) is 7.17. The van der Waals surface area contributed by atoms with Gasteiger partial charge in [0.25, 0.3) is 0 Å². The lowest BCUT2D eigenvalue weighted by atomic mass is 10.3. The molecule has 0 spiro atoms. The van der Waals surface area contributed by atoms with Gasteiger partial charge in [0.05, 0.1) is 12.8 Å². The Balaban J connectivity index is 2.37. The number of carbonyl (C=O) groups is 2. The standard InChI is InChI=1S/C15H17N3O3S/c1-9-13(14(20)21-4)22-15(18(9)3)17-12-7-5-11(6-8-12)16-10(2)19/h5-8H,1-4H3,(H,16,19). The van der Waals surface area contributed by atoms with E-state index in [0.717, 1.165) is 11.4 Å². The van der Waals surface area contributed by atoms with Gasteiger partial charge in [-0.25, -0.2) is 9.79 Å². The van der Waals surface area contributed by atoms with Crippen molar-refractivity contribution in [2.45, 2.75) is 13.8 Å². The topological polar surface area (TPSA) is 72.7 Å². The molecule has 116 valence electrons. The molecule has 0 bridgehead atoms.